The van der Waals surface area contributed by atoms with Gasteiger partial charge >= 0.3 is 0 Å². The van der Waals surface area contributed by atoms with E-state index in [1.165, 1.54) is 11.1 Å². The molecule has 3 aromatic carbocycles. The van der Waals surface area contributed by atoms with Gasteiger partial charge in [-0.25, -0.2) is 9.67 Å². The zero-order valence-corrected chi connectivity index (χ0v) is 18.6. The highest BCUT2D eigenvalue weighted by Crippen LogP contribution is 2.32. The van der Waals surface area contributed by atoms with Crippen molar-refractivity contribution in [3.63, 3.8) is 0 Å². The summed E-state index contributed by atoms with van der Waals surface area (Å²) in [6.45, 7) is 6.28. The van der Waals surface area contributed by atoms with Gasteiger partial charge in [0.25, 0.3) is 0 Å². The standard InChI is InChI=1S/C26H25N5O/c1-17-8-10-20(11-9-17)19(3)22-6-5-7-24-26(22)28-29-31(24)21-12-13-23(25(14-21)32-4)30-15-18(2)27-16-30/h5-16,19H,1-4H3. The molecule has 1 atom stereocenters. The lowest BCUT2D eigenvalue weighted by atomic mass is 9.92. The molecule has 0 radical (unpaired) electrons. The third kappa shape index (κ3) is 3.43. The van der Waals surface area contributed by atoms with Crippen molar-refractivity contribution in [3.05, 3.63) is 95.6 Å². The minimum absolute atomic E-state index is 0.214. The lowest BCUT2D eigenvalue weighted by Gasteiger charge is -2.14. The second-order valence-electron chi connectivity index (χ2n) is 8.13. The van der Waals surface area contributed by atoms with E-state index in [2.05, 4.69) is 71.6 Å². The van der Waals surface area contributed by atoms with E-state index in [0.29, 0.717) is 0 Å². The molecule has 5 aromatic rings. The van der Waals surface area contributed by atoms with Crippen molar-refractivity contribution in [2.75, 3.05) is 7.11 Å². The molecular formula is C26H25N5O. The van der Waals surface area contributed by atoms with Crippen LogP contribution in [0, 0.1) is 13.8 Å². The predicted octanol–water partition coefficient (Wildman–Crippen LogP) is 5.38. The van der Waals surface area contributed by atoms with Gasteiger partial charge in [-0.2, -0.15) is 0 Å². The van der Waals surface area contributed by atoms with Crippen LogP contribution in [0.15, 0.2) is 73.2 Å². The normalized spacial score (nSPS) is 12.2. The molecule has 0 saturated carbocycles. The van der Waals surface area contributed by atoms with E-state index < -0.39 is 0 Å². The topological polar surface area (TPSA) is 57.8 Å². The molecule has 6 heteroatoms. The number of benzene rings is 3. The second kappa shape index (κ2) is 7.96. The summed E-state index contributed by atoms with van der Waals surface area (Å²) in [7, 11) is 1.67. The summed E-state index contributed by atoms with van der Waals surface area (Å²) in [6, 6.07) is 21.0. The molecule has 0 N–H and O–H groups in total. The van der Waals surface area contributed by atoms with Crippen LogP contribution in [0.25, 0.3) is 22.4 Å². The molecule has 0 spiro atoms. The molecule has 160 valence electrons. The summed E-state index contributed by atoms with van der Waals surface area (Å²) in [5.74, 6) is 0.957. The minimum atomic E-state index is 0.214. The summed E-state index contributed by atoms with van der Waals surface area (Å²) in [5, 5.41) is 9.05. The van der Waals surface area contributed by atoms with E-state index in [-0.39, 0.29) is 5.92 Å². The van der Waals surface area contributed by atoms with Crippen molar-refractivity contribution in [1.29, 1.82) is 0 Å². The molecule has 6 nitrogen and oxygen atoms in total. The Labute approximate surface area is 187 Å². The van der Waals surface area contributed by atoms with E-state index in [1.807, 2.05) is 40.6 Å². The van der Waals surface area contributed by atoms with Crippen LogP contribution in [0.5, 0.6) is 5.75 Å². The molecule has 5 rings (SSSR count). The first-order valence-corrected chi connectivity index (χ1v) is 10.7. The number of hydrogen-bond acceptors (Lipinski definition) is 4. The van der Waals surface area contributed by atoms with Crippen LogP contribution in [0.4, 0.5) is 0 Å². The van der Waals surface area contributed by atoms with Gasteiger partial charge in [0.05, 0.1) is 36.0 Å². The summed E-state index contributed by atoms with van der Waals surface area (Å²) in [5.41, 5.74) is 8.33. The van der Waals surface area contributed by atoms with Gasteiger partial charge in [0.1, 0.15) is 11.3 Å². The first kappa shape index (κ1) is 20.0. The van der Waals surface area contributed by atoms with Crippen molar-refractivity contribution in [2.45, 2.75) is 26.7 Å². The third-order valence-electron chi connectivity index (χ3n) is 5.95. The van der Waals surface area contributed by atoms with E-state index in [0.717, 1.165) is 39.4 Å². The third-order valence-corrected chi connectivity index (χ3v) is 5.95. The number of nitrogens with zero attached hydrogens (tertiary/aromatic N) is 5. The summed E-state index contributed by atoms with van der Waals surface area (Å²) in [6.07, 6.45) is 3.76. The molecule has 1 unspecified atom stereocenters. The van der Waals surface area contributed by atoms with E-state index in [9.17, 15) is 0 Å². The first-order chi connectivity index (χ1) is 15.5. The molecule has 2 aromatic heterocycles. The van der Waals surface area contributed by atoms with Gasteiger partial charge in [-0.05, 0) is 43.2 Å². The number of hydrogen-bond donors (Lipinski definition) is 0. The predicted molar refractivity (Wildman–Crippen MR) is 126 cm³/mol. The maximum atomic E-state index is 5.68. The minimum Gasteiger partial charge on any atom is -0.494 e. The number of aromatic nitrogens is 5. The number of rotatable bonds is 5. The summed E-state index contributed by atoms with van der Waals surface area (Å²) in [4.78, 5) is 4.32. The van der Waals surface area contributed by atoms with E-state index in [4.69, 9.17) is 4.74 Å². The van der Waals surface area contributed by atoms with Gasteiger partial charge in [-0.15, -0.1) is 5.10 Å². The van der Waals surface area contributed by atoms with Crippen LogP contribution < -0.4 is 4.74 Å². The van der Waals surface area contributed by atoms with Crippen molar-refractivity contribution in [3.8, 4) is 17.1 Å². The molecular weight excluding hydrogens is 398 g/mol. The van der Waals surface area contributed by atoms with Crippen LogP contribution in [0.3, 0.4) is 0 Å². The highest BCUT2D eigenvalue weighted by molar-refractivity contribution is 5.81. The largest absolute Gasteiger partial charge is 0.494 e. The number of methoxy groups -OCH3 is 1. The van der Waals surface area contributed by atoms with Crippen molar-refractivity contribution in [2.24, 2.45) is 0 Å². The van der Waals surface area contributed by atoms with Crippen molar-refractivity contribution >= 4 is 11.0 Å². The van der Waals surface area contributed by atoms with Gasteiger partial charge in [-0.3, -0.25) is 0 Å². The molecule has 0 aliphatic heterocycles. The van der Waals surface area contributed by atoms with Crippen LogP contribution in [0.2, 0.25) is 0 Å². The SMILES string of the molecule is COc1cc(-n2nnc3c(C(C)c4ccc(C)cc4)cccc32)ccc1-n1cnc(C)c1. The van der Waals surface area contributed by atoms with Crippen LogP contribution >= 0.6 is 0 Å². The van der Waals surface area contributed by atoms with Gasteiger partial charge in [-0.1, -0.05) is 54.1 Å². The molecule has 0 bridgehead atoms. The number of imidazole rings is 1. The van der Waals surface area contributed by atoms with Gasteiger partial charge < -0.3 is 9.30 Å². The fraction of sp³-hybridized carbons (Fsp3) is 0.192. The van der Waals surface area contributed by atoms with Gasteiger partial charge in [0, 0.05) is 18.2 Å². The molecule has 0 saturated heterocycles. The van der Waals surface area contributed by atoms with Crippen molar-refractivity contribution in [1.82, 2.24) is 24.5 Å². The molecule has 32 heavy (non-hydrogen) atoms. The second-order valence-corrected chi connectivity index (χ2v) is 8.13. The highest BCUT2D eigenvalue weighted by atomic mass is 16.5. The van der Waals surface area contributed by atoms with Gasteiger partial charge in [0.2, 0.25) is 0 Å². The monoisotopic (exact) mass is 423 g/mol. The molecule has 0 fully saturated rings. The summed E-state index contributed by atoms with van der Waals surface area (Å²) < 4.78 is 9.50. The smallest absolute Gasteiger partial charge is 0.145 e. The zero-order valence-electron chi connectivity index (χ0n) is 18.6. The average Bonchev–Trinajstić information content (AvgIpc) is 3.45. The quantitative estimate of drug-likeness (QED) is 0.381. The molecule has 0 aliphatic rings. The molecule has 0 aliphatic carbocycles. The van der Waals surface area contributed by atoms with E-state index >= 15 is 0 Å². The lowest BCUT2D eigenvalue weighted by Crippen LogP contribution is -2.01. The Morgan fingerprint density at radius 2 is 1.78 bits per heavy atom. The Balaban J connectivity index is 1.57. The van der Waals surface area contributed by atoms with Crippen molar-refractivity contribution < 1.29 is 4.74 Å². The van der Waals surface area contributed by atoms with Gasteiger partial charge in [0.15, 0.2) is 0 Å². The number of ether oxygens (including phenoxy) is 1. The molecule has 0 amide bonds. The average molecular weight is 424 g/mol. The Kier molecular flexibility index (Phi) is 4.98. The summed E-state index contributed by atoms with van der Waals surface area (Å²) >= 11 is 0. The number of fused-ring (bicyclic) bond motifs is 1. The number of aryl methyl sites for hydroxylation is 2. The highest BCUT2D eigenvalue weighted by Gasteiger charge is 2.17. The zero-order chi connectivity index (χ0) is 22.2. The van der Waals surface area contributed by atoms with E-state index in [1.54, 1.807) is 13.4 Å². The molecule has 2 heterocycles. The first-order valence-electron chi connectivity index (χ1n) is 10.7. The fourth-order valence-electron chi connectivity index (χ4n) is 4.11. The Bertz CT molecular complexity index is 1400. The maximum absolute atomic E-state index is 5.68. The van der Waals surface area contributed by atoms with Crippen LogP contribution in [-0.4, -0.2) is 31.7 Å². The van der Waals surface area contributed by atoms with Crippen LogP contribution in [0.1, 0.15) is 35.2 Å². The fourth-order valence-corrected chi connectivity index (χ4v) is 4.11. The Morgan fingerprint density at radius 3 is 2.50 bits per heavy atom. The lowest BCUT2D eigenvalue weighted by molar-refractivity contribution is 0.412. The van der Waals surface area contributed by atoms with Crippen LogP contribution in [-0.2, 0) is 0 Å². The maximum Gasteiger partial charge on any atom is 0.145 e. The Morgan fingerprint density at radius 1 is 0.969 bits per heavy atom. The Hall–Kier alpha value is -3.93.